The van der Waals surface area contributed by atoms with Gasteiger partial charge in [-0.3, -0.25) is 9.59 Å². The van der Waals surface area contributed by atoms with Crippen LogP contribution in [0.4, 0.5) is 0 Å². The van der Waals surface area contributed by atoms with Crippen LogP contribution in [-0.4, -0.2) is 50.5 Å². The van der Waals surface area contributed by atoms with Gasteiger partial charge in [0.15, 0.2) is 0 Å². The SMILES string of the molecule is COC(=O)C(C)CN(C)C(=O)c1cc(S(N)(=O)=O)cn1C. The molecule has 1 atom stereocenters. The first kappa shape index (κ1) is 17.2. The van der Waals surface area contributed by atoms with Crippen molar-refractivity contribution in [3.63, 3.8) is 0 Å². The fourth-order valence-electron chi connectivity index (χ4n) is 1.87. The van der Waals surface area contributed by atoms with Gasteiger partial charge >= 0.3 is 5.97 Å². The molecular formula is C12H19N3O5S. The van der Waals surface area contributed by atoms with Gasteiger partial charge in [0.25, 0.3) is 5.91 Å². The molecule has 1 rings (SSSR count). The van der Waals surface area contributed by atoms with E-state index in [0.717, 1.165) is 0 Å². The highest BCUT2D eigenvalue weighted by Crippen LogP contribution is 2.14. The van der Waals surface area contributed by atoms with Crippen LogP contribution in [0.3, 0.4) is 0 Å². The summed E-state index contributed by atoms with van der Waals surface area (Å²) in [5.74, 6) is -1.32. The van der Waals surface area contributed by atoms with Crippen molar-refractivity contribution in [1.82, 2.24) is 9.47 Å². The number of aryl methyl sites for hydroxylation is 1. The van der Waals surface area contributed by atoms with Gasteiger partial charge in [-0.05, 0) is 6.07 Å². The molecule has 0 aliphatic heterocycles. The number of nitrogens with zero attached hydrogens (tertiary/aromatic N) is 2. The standard InChI is InChI=1S/C12H19N3O5S/c1-8(12(17)20-4)6-15(3)11(16)10-5-9(7-14(10)2)21(13,18)19/h5,7-8H,6H2,1-4H3,(H2,13,18,19). The number of aromatic nitrogens is 1. The molecule has 1 aromatic rings. The normalized spacial score (nSPS) is 12.8. The molecule has 21 heavy (non-hydrogen) atoms. The molecule has 0 aliphatic carbocycles. The number of esters is 1. The average Bonchev–Trinajstić information content (AvgIpc) is 2.78. The molecule has 0 aromatic carbocycles. The van der Waals surface area contributed by atoms with Crippen molar-refractivity contribution in [2.75, 3.05) is 20.7 Å². The lowest BCUT2D eigenvalue weighted by Gasteiger charge is -2.20. The number of rotatable bonds is 5. The summed E-state index contributed by atoms with van der Waals surface area (Å²) in [4.78, 5) is 24.8. The lowest BCUT2D eigenvalue weighted by Crippen LogP contribution is -2.35. The van der Waals surface area contributed by atoms with E-state index >= 15 is 0 Å². The topological polar surface area (TPSA) is 112 Å². The van der Waals surface area contributed by atoms with Crippen molar-refractivity contribution in [3.05, 3.63) is 18.0 Å². The molecule has 1 amide bonds. The number of primary sulfonamides is 1. The first-order valence-corrected chi connectivity index (χ1v) is 7.65. The molecule has 0 spiro atoms. The van der Waals surface area contributed by atoms with Crippen LogP contribution in [0.1, 0.15) is 17.4 Å². The van der Waals surface area contributed by atoms with Gasteiger partial charge in [-0.15, -0.1) is 0 Å². The van der Waals surface area contributed by atoms with Crippen LogP contribution in [0, 0.1) is 5.92 Å². The maximum absolute atomic E-state index is 12.3. The third-order valence-corrected chi connectivity index (χ3v) is 3.91. The summed E-state index contributed by atoms with van der Waals surface area (Å²) in [7, 11) is 0.465. The molecular weight excluding hydrogens is 298 g/mol. The van der Waals surface area contributed by atoms with Crippen molar-refractivity contribution in [3.8, 4) is 0 Å². The van der Waals surface area contributed by atoms with E-state index in [-0.39, 0.29) is 17.1 Å². The third kappa shape index (κ3) is 4.05. The Balaban J connectivity index is 2.94. The van der Waals surface area contributed by atoms with Gasteiger partial charge in [-0.25, -0.2) is 13.6 Å². The molecule has 118 valence electrons. The number of hydrogen-bond acceptors (Lipinski definition) is 5. The Kier molecular flexibility index (Phi) is 5.13. The lowest BCUT2D eigenvalue weighted by molar-refractivity contribution is -0.145. The van der Waals surface area contributed by atoms with E-state index in [1.807, 2.05) is 0 Å². The van der Waals surface area contributed by atoms with Crippen LogP contribution in [-0.2, 0) is 26.6 Å². The van der Waals surface area contributed by atoms with Crippen LogP contribution in [0.15, 0.2) is 17.2 Å². The second-order valence-corrected chi connectivity index (χ2v) is 6.39. The summed E-state index contributed by atoms with van der Waals surface area (Å²) in [6.45, 7) is 1.79. The number of nitrogens with two attached hydrogens (primary N) is 1. The van der Waals surface area contributed by atoms with E-state index in [0.29, 0.717) is 0 Å². The number of sulfonamides is 1. The number of methoxy groups -OCH3 is 1. The van der Waals surface area contributed by atoms with E-state index in [2.05, 4.69) is 4.74 Å². The number of ether oxygens (including phenoxy) is 1. The van der Waals surface area contributed by atoms with Crippen LogP contribution in [0.2, 0.25) is 0 Å². The molecule has 1 unspecified atom stereocenters. The highest BCUT2D eigenvalue weighted by Gasteiger charge is 2.23. The van der Waals surface area contributed by atoms with Crippen molar-refractivity contribution >= 4 is 21.9 Å². The van der Waals surface area contributed by atoms with Gasteiger partial charge in [-0.1, -0.05) is 6.92 Å². The Hall–Kier alpha value is -1.87. The molecule has 8 nitrogen and oxygen atoms in total. The van der Waals surface area contributed by atoms with Gasteiger partial charge in [0.05, 0.1) is 13.0 Å². The van der Waals surface area contributed by atoms with Crippen molar-refractivity contribution < 1.29 is 22.7 Å². The second kappa shape index (κ2) is 6.27. The number of carbonyl (C=O) groups excluding carboxylic acids is 2. The Morgan fingerprint density at radius 3 is 2.48 bits per heavy atom. The van der Waals surface area contributed by atoms with Gasteiger partial charge in [-0.2, -0.15) is 0 Å². The number of amides is 1. The number of hydrogen-bond donors (Lipinski definition) is 1. The van der Waals surface area contributed by atoms with Crippen LogP contribution < -0.4 is 5.14 Å². The Bertz CT molecular complexity index is 650. The zero-order chi connectivity index (χ0) is 16.4. The second-order valence-electron chi connectivity index (χ2n) is 4.83. The first-order valence-electron chi connectivity index (χ1n) is 6.10. The van der Waals surface area contributed by atoms with Crippen molar-refractivity contribution in [2.24, 2.45) is 18.1 Å². The quantitative estimate of drug-likeness (QED) is 0.740. The Morgan fingerprint density at radius 1 is 1.48 bits per heavy atom. The van der Waals surface area contributed by atoms with Crippen LogP contribution in [0.25, 0.3) is 0 Å². The Labute approximate surface area is 123 Å². The van der Waals surface area contributed by atoms with Crippen molar-refractivity contribution in [2.45, 2.75) is 11.8 Å². The minimum absolute atomic E-state index is 0.136. The summed E-state index contributed by atoms with van der Waals surface area (Å²) < 4.78 is 28.5. The molecule has 9 heteroatoms. The van der Waals surface area contributed by atoms with E-state index < -0.39 is 27.8 Å². The molecule has 2 N–H and O–H groups in total. The van der Waals surface area contributed by atoms with E-state index in [4.69, 9.17) is 5.14 Å². The first-order chi connectivity index (χ1) is 9.57. The average molecular weight is 317 g/mol. The van der Waals surface area contributed by atoms with Gasteiger partial charge < -0.3 is 14.2 Å². The van der Waals surface area contributed by atoms with Crippen LogP contribution >= 0.6 is 0 Å². The number of carbonyl (C=O) groups is 2. The predicted molar refractivity (Wildman–Crippen MR) is 74.9 cm³/mol. The van der Waals surface area contributed by atoms with Crippen molar-refractivity contribution in [1.29, 1.82) is 0 Å². The zero-order valence-corrected chi connectivity index (χ0v) is 13.2. The highest BCUT2D eigenvalue weighted by atomic mass is 32.2. The van der Waals surface area contributed by atoms with E-state index in [1.165, 1.54) is 35.9 Å². The lowest BCUT2D eigenvalue weighted by atomic mass is 10.1. The monoisotopic (exact) mass is 317 g/mol. The molecule has 0 radical (unpaired) electrons. The summed E-state index contributed by atoms with van der Waals surface area (Å²) in [5.41, 5.74) is 0.165. The smallest absolute Gasteiger partial charge is 0.310 e. The highest BCUT2D eigenvalue weighted by molar-refractivity contribution is 7.89. The minimum Gasteiger partial charge on any atom is -0.469 e. The van der Waals surface area contributed by atoms with Gasteiger partial charge in [0.1, 0.15) is 10.6 Å². The molecule has 0 saturated heterocycles. The third-order valence-electron chi connectivity index (χ3n) is 3.03. The fourth-order valence-corrected chi connectivity index (χ4v) is 2.45. The van der Waals surface area contributed by atoms with Gasteiger partial charge in [0.2, 0.25) is 10.0 Å². The fraction of sp³-hybridized carbons (Fsp3) is 0.500. The summed E-state index contributed by atoms with van der Waals surface area (Å²) in [6, 6.07) is 1.21. The minimum atomic E-state index is -3.87. The molecule has 0 aliphatic rings. The molecule has 1 aromatic heterocycles. The Morgan fingerprint density at radius 2 is 2.05 bits per heavy atom. The predicted octanol–water partition coefficient (Wildman–Crippen LogP) is -0.446. The maximum atomic E-state index is 12.3. The molecule has 1 heterocycles. The van der Waals surface area contributed by atoms with Crippen LogP contribution in [0.5, 0.6) is 0 Å². The summed E-state index contributed by atoms with van der Waals surface area (Å²) in [6.07, 6.45) is 1.26. The molecule has 0 saturated carbocycles. The maximum Gasteiger partial charge on any atom is 0.310 e. The van der Waals surface area contributed by atoms with E-state index in [1.54, 1.807) is 14.0 Å². The summed E-state index contributed by atoms with van der Waals surface area (Å²) >= 11 is 0. The summed E-state index contributed by atoms with van der Waals surface area (Å²) in [5, 5.41) is 5.03. The molecule has 0 bridgehead atoms. The molecule has 0 fully saturated rings. The van der Waals surface area contributed by atoms with Gasteiger partial charge in [0, 0.05) is 26.8 Å². The zero-order valence-electron chi connectivity index (χ0n) is 12.4. The largest absolute Gasteiger partial charge is 0.469 e. The van der Waals surface area contributed by atoms with E-state index in [9.17, 15) is 18.0 Å².